The van der Waals surface area contributed by atoms with E-state index in [4.69, 9.17) is 0 Å². The Bertz CT molecular complexity index is 605. The SMILES string of the molecule is CCc1nonc1NC(=O)c1ccc([N+](=O)[O-])cc1. The van der Waals surface area contributed by atoms with Crippen LogP contribution in [0.2, 0.25) is 0 Å². The monoisotopic (exact) mass is 262 g/mol. The lowest BCUT2D eigenvalue weighted by Gasteiger charge is -2.01. The zero-order valence-electron chi connectivity index (χ0n) is 9.99. The van der Waals surface area contributed by atoms with Crippen LogP contribution in [0.4, 0.5) is 11.5 Å². The van der Waals surface area contributed by atoms with Crippen molar-refractivity contribution in [1.29, 1.82) is 0 Å². The lowest BCUT2D eigenvalue weighted by Crippen LogP contribution is -2.13. The van der Waals surface area contributed by atoms with Crippen molar-refractivity contribution in [1.82, 2.24) is 10.3 Å². The van der Waals surface area contributed by atoms with Crippen LogP contribution >= 0.6 is 0 Å². The topological polar surface area (TPSA) is 111 Å². The summed E-state index contributed by atoms with van der Waals surface area (Å²) in [6.45, 7) is 1.85. The molecule has 0 fully saturated rings. The van der Waals surface area contributed by atoms with Crippen molar-refractivity contribution in [3.63, 3.8) is 0 Å². The Hall–Kier alpha value is -2.77. The Morgan fingerprint density at radius 1 is 1.37 bits per heavy atom. The molecule has 0 unspecified atom stereocenters. The Kier molecular flexibility index (Phi) is 3.51. The molecule has 0 atom stereocenters. The number of nitrogens with zero attached hydrogens (tertiary/aromatic N) is 3. The van der Waals surface area contributed by atoms with Crippen molar-refractivity contribution in [3.8, 4) is 0 Å². The zero-order chi connectivity index (χ0) is 13.8. The molecule has 1 heterocycles. The molecule has 1 aromatic heterocycles. The van der Waals surface area contributed by atoms with Gasteiger partial charge in [0, 0.05) is 17.7 Å². The maximum Gasteiger partial charge on any atom is 0.269 e. The van der Waals surface area contributed by atoms with E-state index in [1.165, 1.54) is 24.3 Å². The van der Waals surface area contributed by atoms with E-state index in [1.54, 1.807) is 0 Å². The molecule has 0 spiro atoms. The van der Waals surface area contributed by atoms with Crippen LogP contribution in [0.15, 0.2) is 28.9 Å². The largest absolute Gasteiger partial charge is 0.302 e. The van der Waals surface area contributed by atoms with Gasteiger partial charge in [0.1, 0.15) is 5.69 Å². The van der Waals surface area contributed by atoms with E-state index in [0.717, 1.165) is 0 Å². The van der Waals surface area contributed by atoms with Gasteiger partial charge in [-0.15, -0.1) is 0 Å². The number of non-ortho nitro benzene ring substituents is 1. The molecule has 1 aromatic carbocycles. The standard InChI is InChI=1S/C11H10N4O4/c1-2-9-10(14-19-13-9)12-11(16)7-3-5-8(6-4-7)15(17)18/h3-6H,2H2,1H3,(H,12,14,16). The highest BCUT2D eigenvalue weighted by atomic mass is 16.6. The van der Waals surface area contributed by atoms with Gasteiger partial charge in [-0.25, -0.2) is 4.63 Å². The molecule has 0 saturated heterocycles. The lowest BCUT2D eigenvalue weighted by atomic mass is 10.2. The van der Waals surface area contributed by atoms with Crippen LogP contribution in [-0.4, -0.2) is 21.1 Å². The van der Waals surface area contributed by atoms with Crippen LogP contribution in [0.1, 0.15) is 23.0 Å². The first-order chi connectivity index (χ1) is 9.11. The molecule has 19 heavy (non-hydrogen) atoms. The highest BCUT2D eigenvalue weighted by Gasteiger charge is 2.14. The van der Waals surface area contributed by atoms with Gasteiger partial charge in [0.05, 0.1) is 4.92 Å². The third kappa shape index (κ3) is 2.73. The number of carbonyl (C=O) groups excluding carboxylic acids is 1. The molecule has 0 bridgehead atoms. The van der Waals surface area contributed by atoms with Crippen LogP contribution in [0.25, 0.3) is 0 Å². The van der Waals surface area contributed by atoms with Crippen LogP contribution < -0.4 is 5.32 Å². The second-order valence-corrected chi connectivity index (χ2v) is 3.67. The summed E-state index contributed by atoms with van der Waals surface area (Å²) in [7, 11) is 0. The fourth-order valence-electron chi connectivity index (χ4n) is 1.45. The smallest absolute Gasteiger partial charge is 0.269 e. The van der Waals surface area contributed by atoms with E-state index in [0.29, 0.717) is 12.1 Å². The molecule has 1 amide bonds. The molecule has 0 saturated carbocycles. The van der Waals surface area contributed by atoms with Gasteiger partial charge in [-0.1, -0.05) is 12.1 Å². The molecular weight excluding hydrogens is 252 g/mol. The molecule has 8 heteroatoms. The minimum absolute atomic E-state index is 0.0751. The Morgan fingerprint density at radius 2 is 2.05 bits per heavy atom. The molecule has 1 N–H and O–H groups in total. The average Bonchev–Trinajstić information content (AvgIpc) is 2.86. The zero-order valence-corrected chi connectivity index (χ0v) is 9.99. The van der Waals surface area contributed by atoms with Gasteiger partial charge in [-0.3, -0.25) is 14.9 Å². The van der Waals surface area contributed by atoms with Crippen LogP contribution in [0.3, 0.4) is 0 Å². The number of nitro groups is 1. The highest BCUT2D eigenvalue weighted by Crippen LogP contribution is 2.15. The van der Waals surface area contributed by atoms with E-state index in [-0.39, 0.29) is 17.1 Å². The predicted molar refractivity (Wildman–Crippen MR) is 64.7 cm³/mol. The summed E-state index contributed by atoms with van der Waals surface area (Å²) in [4.78, 5) is 21.8. The van der Waals surface area contributed by atoms with Gasteiger partial charge in [0.15, 0.2) is 0 Å². The van der Waals surface area contributed by atoms with Crippen LogP contribution in [0, 0.1) is 10.1 Å². The van der Waals surface area contributed by atoms with E-state index >= 15 is 0 Å². The Balaban J connectivity index is 2.14. The van der Waals surface area contributed by atoms with Gasteiger partial charge in [-0.2, -0.15) is 0 Å². The predicted octanol–water partition coefficient (Wildman–Crippen LogP) is 1.79. The normalized spacial score (nSPS) is 10.2. The van der Waals surface area contributed by atoms with E-state index in [1.807, 2.05) is 6.92 Å². The summed E-state index contributed by atoms with van der Waals surface area (Å²) < 4.78 is 4.52. The number of amides is 1. The fraction of sp³-hybridized carbons (Fsp3) is 0.182. The van der Waals surface area contributed by atoms with Crippen molar-refractivity contribution in [2.24, 2.45) is 0 Å². The summed E-state index contributed by atoms with van der Waals surface area (Å²) in [5, 5.41) is 20.2. The summed E-state index contributed by atoms with van der Waals surface area (Å²) in [6.07, 6.45) is 0.569. The van der Waals surface area contributed by atoms with Crippen LogP contribution in [0.5, 0.6) is 0 Å². The number of carbonyl (C=O) groups is 1. The second kappa shape index (κ2) is 5.25. The number of nitrogens with one attached hydrogen (secondary N) is 1. The molecule has 0 aliphatic heterocycles. The van der Waals surface area contributed by atoms with Gasteiger partial charge < -0.3 is 5.32 Å². The Labute approximate surface area is 107 Å². The number of nitro benzene ring substituents is 1. The van der Waals surface area contributed by atoms with Crippen LogP contribution in [-0.2, 0) is 6.42 Å². The Morgan fingerprint density at radius 3 is 2.63 bits per heavy atom. The number of aryl methyl sites for hydroxylation is 1. The number of rotatable bonds is 4. The average molecular weight is 262 g/mol. The van der Waals surface area contributed by atoms with Gasteiger partial charge >= 0.3 is 0 Å². The first kappa shape index (κ1) is 12.7. The van der Waals surface area contributed by atoms with Crippen molar-refractivity contribution in [3.05, 3.63) is 45.6 Å². The molecule has 8 nitrogen and oxygen atoms in total. The highest BCUT2D eigenvalue weighted by molar-refractivity contribution is 6.04. The van der Waals surface area contributed by atoms with Gasteiger partial charge in [-0.05, 0) is 23.7 Å². The summed E-state index contributed by atoms with van der Waals surface area (Å²) >= 11 is 0. The molecule has 2 aromatic rings. The van der Waals surface area contributed by atoms with Gasteiger partial charge in [0.2, 0.25) is 5.82 Å². The van der Waals surface area contributed by atoms with E-state index in [2.05, 4.69) is 20.3 Å². The summed E-state index contributed by atoms with van der Waals surface area (Å²) in [5.74, 6) is -0.175. The number of aromatic nitrogens is 2. The van der Waals surface area contributed by atoms with E-state index < -0.39 is 10.8 Å². The molecule has 0 aliphatic carbocycles. The quantitative estimate of drug-likeness (QED) is 0.664. The molecular formula is C11H10N4O4. The van der Waals surface area contributed by atoms with Crippen molar-refractivity contribution >= 4 is 17.4 Å². The summed E-state index contributed by atoms with van der Waals surface area (Å²) in [5.41, 5.74) is 0.750. The molecule has 98 valence electrons. The van der Waals surface area contributed by atoms with Crippen molar-refractivity contribution in [2.75, 3.05) is 5.32 Å². The first-order valence-electron chi connectivity index (χ1n) is 5.49. The number of anilines is 1. The molecule has 0 radical (unpaired) electrons. The maximum atomic E-state index is 11.9. The fourth-order valence-corrected chi connectivity index (χ4v) is 1.45. The van der Waals surface area contributed by atoms with E-state index in [9.17, 15) is 14.9 Å². The number of hydrogen-bond donors (Lipinski definition) is 1. The molecule has 2 rings (SSSR count). The molecule has 0 aliphatic rings. The third-order valence-electron chi connectivity index (χ3n) is 2.46. The lowest BCUT2D eigenvalue weighted by molar-refractivity contribution is -0.384. The minimum atomic E-state index is -0.529. The summed E-state index contributed by atoms with van der Waals surface area (Å²) in [6, 6.07) is 5.26. The van der Waals surface area contributed by atoms with Crippen molar-refractivity contribution < 1.29 is 14.3 Å². The number of benzene rings is 1. The third-order valence-corrected chi connectivity index (χ3v) is 2.46. The van der Waals surface area contributed by atoms with Gasteiger partial charge in [0.25, 0.3) is 11.6 Å². The second-order valence-electron chi connectivity index (χ2n) is 3.67. The first-order valence-corrected chi connectivity index (χ1v) is 5.49. The minimum Gasteiger partial charge on any atom is -0.302 e. The van der Waals surface area contributed by atoms with Crippen molar-refractivity contribution in [2.45, 2.75) is 13.3 Å². The maximum absolute atomic E-state index is 11.9. The number of hydrogen-bond acceptors (Lipinski definition) is 6.